The summed E-state index contributed by atoms with van der Waals surface area (Å²) in [5, 5.41) is 10.2. The molecule has 124 valence electrons. The van der Waals surface area contributed by atoms with E-state index in [9.17, 15) is 4.79 Å². The molecule has 0 spiro atoms. The first-order valence-electron chi connectivity index (χ1n) is 7.78. The highest BCUT2D eigenvalue weighted by atomic mass is 16.2. The molecule has 0 bridgehead atoms. The highest BCUT2D eigenvalue weighted by Crippen LogP contribution is 2.14. The minimum atomic E-state index is -0.241. The van der Waals surface area contributed by atoms with Crippen LogP contribution in [0.1, 0.15) is 35.1 Å². The van der Waals surface area contributed by atoms with Gasteiger partial charge >= 0.3 is 6.03 Å². The van der Waals surface area contributed by atoms with Gasteiger partial charge in [0.15, 0.2) is 0 Å². The number of aromatic nitrogens is 3. The fourth-order valence-electron chi connectivity index (χ4n) is 2.75. The molecule has 6 nitrogen and oxygen atoms in total. The third-order valence-electron chi connectivity index (χ3n) is 3.89. The number of aryl methyl sites for hydroxylation is 4. The summed E-state index contributed by atoms with van der Waals surface area (Å²) in [4.78, 5) is 16.4. The Bertz CT molecular complexity index is 700. The SMILES string of the molecule is Cc1cc(C)nc(NC(=O)NC(C)Cc2c(C)nn(C)c2C)c1. The lowest BCUT2D eigenvalue weighted by Gasteiger charge is -2.15. The lowest BCUT2D eigenvalue weighted by atomic mass is 10.1. The first-order valence-corrected chi connectivity index (χ1v) is 7.78. The molecule has 0 saturated carbocycles. The van der Waals surface area contributed by atoms with Gasteiger partial charge in [0.25, 0.3) is 0 Å². The van der Waals surface area contributed by atoms with Gasteiger partial charge in [0.05, 0.1) is 5.69 Å². The van der Waals surface area contributed by atoms with Gasteiger partial charge in [-0.25, -0.2) is 9.78 Å². The zero-order chi connectivity index (χ0) is 17.1. The van der Waals surface area contributed by atoms with Gasteiger partial charge in [-0.1, -0.05) is 0 Å². The number of amides is 2. The van der Waals surface area contributed by atoms with E-state index in [4.69, 9.17) is 0 Å². The molecule has 2 aromatic rings. The third kappa shape index (κ3) is 4.31. The summed E-state index contributed by atoms with van der Waals surface area (Å²) in [6.07, 6.45) is 0.749. The van der Waals surface area contributed by atoms with Gasteiger partial charge in [0.1, 0.15) is 5.82 Å². The van der Waals surface area contributed by atoms with Crippen LogP contribution in [0.3, 0.4) is 0 Å². The number of rotatable bonds is 4. The Labute approximate surface area is 137 Å². The maximum absolute atomic E-state index is 12.1. The van der Waals surface area contributed by atoms with Crippen LogP contribution < -0.4 is 10.6 Å². The van der Waals surface area contributed by atoms with Crippen LogP contribution in [0.25, 0.3) is 0 Å². The van der Waals surface area contributed by atoms with E-state index in [0.29, 0.717) is 5.82 Å². The molecule has 23 heavy (non-hydrogen) atoms. The quantitative estimate of drug-likeness (QED) is 0.911. The van der Waals surface area contributed by atoms with Gasteiger partial charge in [-0.15, -0.1) is 0 Å². The molecule has 1 atom stereocenters. The normalized spacial score (nSPS) is 12.1. The number of hydrogen-bond acceptors (Lipinski definition) is 3. The predicted octanol–water partition coefficient (Wildman–Crippen LogP) is 2.80. The average Bonchev–Trinajstić information content (AvgIpc) is 2.63. The van der Waals surface area contributed by atoms with Crippen molar-refractivity contribution in [1.29, 1.82) is 0 Å². The molecule has 2 amide bonds. The summed E-state index contributed by atoms with van der Waals surface area (Å²) in [6, 6.07) is 3.59. The van der Waals surface area contributed by atoms with Crippen LogP contribution in [0.2, 0.25) is 0 Å². The largest absolute Gasteiger partial charge is 0.335 e. The van der Waals surface area contributed by atoms with Crippen LogP contribution in [0.5, 0.6) is 0 Å². The Morgan fingerprint density at radius 1 is 1.26 bits per heavy atom. The van der Waals surface area contributed by atoms with Crippen molar-refractivity contribution >= 4 is 11.8 Å². The van der Waals surface area contributed by atoms with Gasteiger partial charge in [-0.2, -0.15) is 5.10 Å². The fourth-order valence-corrected chi connectivity index (χ4v) is 2.75. The van der Waals surface area contributed by atoms with Crippen molar-refractivity contribution < 1.29 is 4.79 Å². The first kappa shape index (κ1) is 17.0. The maximum atomic E-state index is 12.1. The Morgan fingerprint density at radius 2 is 1.96 bits per heavy atom. The summed E-state index contributed by atoms with van der Waals surface area (Å²) in [6.45, 7) is 9.91. The predicted molar refractivity (Wildman–Crippen MR) is 91.7 cm³/mol. The molecule has 2 rings (SSSR count). The molecule has 0 aliphatic rings. The topological polar surface area (TPSA) is 71.8 Å². The number of carbonyl (C=O) groups is 1. The number of urea groups is 1. The number of hydrogen-bond donors (Lipinski definition) is 2. The molecular formula is C17H25N5O. The van der Waals surface area contributed by atoms with E-state index in [1.165, 1.54) is 5.56 Å². The van der Waals surface area contributed by atoms with Crippen LogP contribution >= 0.6 is 0 Å². The van der Waals surface area contributed by atoms with E-state index < -0.39 is 0 Å². The van der Waals surface area contributed by atoms with Crippen LogP contribution in [0, 0.1) is 27.7 Å². The maximum Gasteiger partial charge on any atom is 0.320 e. The van der Waals surface area contributed by atoms with Crippen molar-refractivity contribution in [2.75, 3.05) is 5.32 Å². The number of nitrogens with one attached hydrogen (secondary N) is 2. The van der Waals surface area contributed by atoms with Crippen molar-refractivity contribution in [3.8, 4) is 0 Å². The molecule has 2 heterocycles. The standard InChI is InChI=1S/C17H25N5O/c1-10-7-11(2)18-16(8-10)20-17(23)19-12(3)9-15-13(4)21-22(6)14(15)5/h7-8,12H,9H2,1-6H3,(H2,18,19,20,23). The molecule has 0 aliphatic carbocycles. The second-order valence-corrected chi connectivity index (χ2v) is 6.15. The van der Waals surface area contributed by atoms with Crippen LogP contribution in [-0.4, -0.2) is 26.8 Å². The van der Waals surface area contributed by atoms with E-state index in [2.05, 4.69) is 20.7 Å². The second-order valence-electron chi connectivity index (χ2n) is 6.15. The zero-order valence-corrected chi connectivity index (χ0v) is 14.7. The fraction of sp³-hybridized carbons (Fsp3) is 0.471. The molecule has 1 unspecified atom stereocenters. The van der Waals surface area contributed by atoms with Gasteiger partial charge in [-0.3, -0.25) is 10.00 Å². The average molecular weight is 315 g/mol. The molecule has 6 heteroatoms. The molecule has 0 aliphatic heterocycles. The van der Waals surface area contributed by atoms with E-state index >= 15 is 0 Å². The lowest BCUT2D eigenvalue weighted by molar-refractivity contribution is 0.249. The number of pyridine rings is 1. The van der Waals surface area contributed by atoms with Gasteiger partial charge < -0.3 is 5.32 Å². The van der Waals surface area contributed by atoms with Crippen molar-refractivity contribution in [3.63, 3.8) is 0 Å². The monoisotopic (exact) mass is 315 g/mol. The highest BCUT2D eigenvalue weighted by molar-refractivity contribution is 5.88. The number of nitrogens with zero attached hydrogens (tertiary/aromatic N) is 3. The second kappa shape index (κ2) is 6.81. The Kier molecular flexibility index (Phi) is 5.03. The van der Waals surface area contributed by atoms with E-state index in [0.717, 1.165) is 29.1 Å². The number of carbonyl (C=O) groups excluding carboxylic acids is 1. The minimum absolute atomic E-state index is 0.00232. The van der Waals surface area contributed by atoms with Crippen molar-refractivity contribution in [1.82, 2.24) is 20.1 Å². The Balaban J connectivity index is 1.97. The summed E-state index contributed by atoms with van der Waals surface area (Å²) in [5.74, 6) is 0.570. The third-order valence-corrected chi connectivity index (χ3v) is 3.89. The molecule has 0 radical (unpaired) electrons. The first-order chi connectivity index (χ1) is 10.8. The Morgan fingerprint density at radius 3 is 2.52 bits per heavy atom. The zero-order valence-electron chi connectivity index (χ0n) is 14.7. The summed E-state index contributed by atoms with van der Waals surface area (Å²) in [5.41, 5.74) is 5.28. The molecule has 0 aromatic carbocycles. The lowest BCUT2D eigenvalue weighted by Crippen LogP contribution is -2.37. The van der Waals surface area contributed by atoms with Crippen LogP contribution in [0.4, 0.5) is 10.6 Å². The van der Waals surface area contributed by atoms with Crippen molar-refractivity contribution in [2.45, 2.75) is 47.1 Å². The summed E-state index contributed by atoms with van der Waals surface area (Å²) >= 11 is 0. The van der Waals surface area contributed by atoms with E-state index in [1.807, 2.05) is 58.5 Å². The summed E-state index contributed by atoms with van der Waals surface area (Å²) in [7, 11) is 1.93. The highest BCUT2D eigenvalue weighted by Gasteiger charge is 2.15. The smallest absolute Gasteiger partial charge is 0.320 e. The van der Waals surface area contributed by atoms with Gasteiger partial charge in [-0.05, 0) is 64.3 Å². The van der Waals surface area contributed by atoms with E-state index in [1.54, 1.807) is 0 Å². The van der Waals surface area contributed by atoms with Crippen LogP contribution in [-0.2, 0) is 13.5 Å². The molecule has 0 saturated heterocycles. The molecular weight excluding hydrogens is 290 g/mol. The summed E-state index contributed by atoms with van der Waals surface area (Å²) < 4.78 is 1.87. The van der Waals surface area contributed by atoms with Crippen molar-refractivity contribution in [3.05, 3.63) is 40.3 Å². The van der Waals surface area contributed by atoms with Gasteiger partial charge in [0, 0.05) is 24.5 Å². The number of anilines is 1. The Hall–Kier alpha value is -2.37. The van der Waals surface area contributed by atoms with E-state index in [-0.39, 0.29) is 12.1 Å². The van der Waals surface area contributed by atoms with Gasteiger partial charge in [0.2, 0.25) is 0 Å². The van der Waals surface area contributed by atoms with Crippen molar-refractivity contribution in [2.24, 2.45) is 7.05 Å². The molecule has 2 aromatic heterocycles. The molecule has 0 fully saturated rings. The van der Waals surface area contributed by atoms with Crippen LogP contribution in [0.15, 0.2) is 12.1 Å². The molecule has 2 N–H and O–H groups in total. The minimum Gasteiger partial charge on any atom is -0.335 e.